The second-order valence-corrected chi connectivity index (χ2v) is 6.52. The largest absolute Gasteiger partial charge is 0.454 e. The van der Waals surface area contributed by atoms with Crippen molar-refractivity contribution in [3.8, 4) is 11.5 Å². The Morgan fingerprint density at radius 2 is 1.96 bits per heavy atom. The highest BCUT2D eigenvalue weighted by Gasteiger charge is 2.37. The predicted octanol–water partition coefficient (Wildman–Crippen LogP) is 2.99. The van der Waals surface area contributed by atoms with E-state index in [1.54, 1.807) is 28.0 Å². The highest BCUT2D eigenvalue weighted by molar-refractivity contribution is 6.04. The lowest BCUT2D eigenvalue weighted by Gasteiger charge is -2.24. The number of hydrogen-bond acceptors (Lipinski definition) is 4. The zero-order valence-electron chi connectivity index (χ0n) is 14.8. The molecule has 2 amide bonds. The Morgan fingerprint density at radius 1 is 1.19 bits per heavy atom. The molecule has 0 aliphatic carbocycles. The SMILES string of the molecule is C=CCN(C(=O)C1CC(=O)N(c2ccc3c(c2)OCO3)C1)c1ccccc1. The van der Waals surface area contributed by atoms with E-state index in [0.717, 1.165) is 11.4 Å². The van der Waals surface area contributed by atoms with Crippen LogP contribution in [0.2, 0.25) is 0 Å². The van der Waals surface area contributed by atoms with Gasteiger partial charge in [-0.1, -0.05) is 24.3 Å². The van der Waals surface area contributed by atoms with E-state index in [1.807, 2.05) is 36.4 Å². The summed E-state index contributed by atoms with van der Waals surface area (Å²) in [5.74, 6) is 0.742. The van der Waals surface area contributed by atoms with Crippen LogP contribution in [0.1, 0.15) is 6.42 Å². The molecular formula is C21H20N2O4. The van der Waals surface area contributed by atoms with Gasteiger partial charge in [0.25, 0.3) is 0 Å². The normalized spacial score (nSPS) is 17.9. The molecule has 0 radical (unpaired) electrons. The summed E-state index contributed by atoms with van der Waals surface area (Å²) < 4.78 is 10.7. The second-order valence-electron chi connectivity index (χ2n) is 6.52. The molecule has 4 rings (SSSR count). The Kier molecular flexibility index (Phi) is 4.54. The Balaban J connectivity index is 1.54. The maximum atomic E-state index is 13.1. The van der Waals surface area contributed by atoms with Crippen LogP contribution in [0.25, 0.3) is 0 Å². The number of carbonyl (C=O) groups is 2. The van der Waals surface area contributed by atoms with Crippen LogP contribution in [0.4, 0.5) is 11.4 Å². The fraction of sp³-hybridized carbons (Fsp3) is 0.238. The summed E-state index contributed by atoms with van der Waals surface area (Å²) in [6.45, 7) is 4.68. The van der Waals surface area contributed by atoms with Crippen LogP contribution < -0.4 is 19.3 Å². The van der Waals surface area contributed by atoms with Crippen molar-refractivity contribution in [2.45, 2.75) is 6.42 Å². The van der Waals surface area contributed by atoms with Gasteiger partial charge in [-0.2, -0.15) is 0 Å². The van der Waals surface area contributed by atoms with Gasteiger partial charge in [-0.15, -0.1) is 6.58 Å². The molecule has 2 aliphatic heterocycles. The van der Waals surface area contributed by atoms with Crippen molar-refractivity contribution >= 4 is 23.2 Å². The minimum Gasteiger partial charge on any atom is -0.454 e. The van der Waals surface area contributed by atoms with Crippen molar-refractivity contribution < 1.29 is 19.1 Å². The quantitative estimate of drug-likeness (QED) is 0.766. The van der Waals surface area contributed by atoms with Gasteiger partial charge in [0.1, 0.15) is 0 Å². The van der Waals surface area contributed by atoms with E-state index in [0.29, 0.717) is 24.6 Å². The monoisotopic (exact) mass is 364 g/mol. The molecule has 1 saturated heterocycles. The summed E-state index contributed by atoms with van der Waals surface area (Å²) >= 11 is 0. The van der Waals surface area contributed by atoms with Gasteiger partial charge in [-0.05, 0) is 24.3 Å². The highest BCUT2D eigenvalue weighted by atomic mass is 16.7. The third kappa shape index (κ3) is 3.26. The summed E-state index contributed by atoms with van der Waals surface area (Å²) in [7, 11) is 0. The number of ether oxygens (including phenoxy) is 2. The number of para-hydroxylation sites is 1. The van der Waals surface area contributed by atoms with Crippen molar-refractivity contribution in [1.29, 1.82) is 0 Å². The van der Waals surface area contributed by atoms with Crippen molar-refractivity contribution in [2.24, 2.45) is 5.92 Å². The van der Waals surface area contributed by atoms with Crippen LogP contribution >= 0.6 is 0 Å². The topological polar surface area (TPSA) is 59.1 Å². The first kappa shape index (κ1) is 17.1. The molecule has 0 aromatic heterocycles. The maximum absolute atomic E-state index is 13.1. The molecule has 1 unspecified atom stereocenters. The molecule has 0 saturated carbocycles. The minimum atomic E-state index is -0.400. The van der Waals surface area contributed by atoms with E-state index >= 15 is 0 Å². The fourth-order valence-corrected chi connectivity index (χ4v) is 3.46. The van der Waals surface area contributed by atoms with E-state index in [2.05, 4.69) is 6.58 Å². The first-order chi connectivity index (χ1) is 13.2. The Morgan fingerprint density at radius 3 is 2.74 bits per heavy atom. The summed E-state index contributed by atoms with van der Waals surface area (Å²) in [5, 5.41) is 0. The lowest BCUT2D eigenvalue weighted by atomic mass is 10.1. The average Bonchev–Trinajstić information content (AvgIpc) is 3.32. The average molecular weight is 364 g/mol. The molecule has 2 aromatic carbocycles. The standard InChI is InChI=1S/C21H20N2O4/c1-2-10-22(16-6-4-3-5-7-16)21(25)15-11-20(24)23(13-15)17-8-9-18-19(12-17)27-14-26-18/h2-9,12,15H,1,10-11,13-14H2. The maximum Gasteiger partial charge on any atom is 0.232 e. The van der Waals surface area contributed by atoms with E-state index in [4.69, 9.17) is 9.47 Å². The van der Waals surface area contributed by atoms with E-state index in [1.165, 1.54) is 0 Å². The molecule has 27 heavy (non-hydrogen) atoms. The van der Waals surface area contributed by atoms with Crippen molar-refractivity contribution in [2.75, 3.05) is 29.7 Å². The highest BCUT2D eigenvalue weighted by Crippen LogP contribution is 2.37. The first-order valence-electron chi connectivity index (χ1n) is 8.84. The molecule has 0 N–H and O–H groups in total. The van der Waals surface area contributed by atoms with Crippen LogP contribution in [0.15, 0.2) is 61.2 Å². The van der Waals surface area contributed by atoms with Gasteiger partial charge < -0.3 is 19.3 Å². The van der Waals surface area contributed by atoms with E-state index in [9.17, 15) is 9.59 Å². The molecule has 6 nitrogen and oxygen atoms in total. The third-order valence-electron chi connectivity index (χ3n) is 4.79. The van der Waals surface area contributed by atoms with Gasteiger partial charge in [0.15, 0.2) is 11.5 Å². The van der Waals surface area contributed by atoms with Crippen LogP contribution in [-0.4, -0.2) is 31.7 Å². The van der Waals surface area contributed by atoms with Crippen LogP contribution in [0.3, 0.4) is 0 Å². The number of carbonyl (C=O) groups excluding carboxylic acids is 2. The summed E-state index contributed by atoms with van der Waals surface area (Å²) in [5.41, 5.74) is 1.52. The molecule has 2 heterocycles. The molecule has 6 heteroatoms. The van der Waals surface area contributed by atoms with E-state index in [-0.39, 0.29) is 25.0 Å². The van der Waals surface area contributed by atoms with Gasteiger partial charge >= 0.3 is 0 Å². The molecule has 2 aromatic rings. The molecule has 138 valence electrons. The predicted molar refractivity (Wildman–Crippen MR) is 102 cm³/mol. The van der Waals surface area contributed by atoms with Crippen molar-refractivity contribution in [1.82, 2.24) is 0 Å². The lowest BCUT2D eigenvalue weighted by molar-refractivity contribution is -0.124. The molecular weight excluding hydrogens is 344 g/mol. The first-order valence-corrected chi connectivity index (χ1v) is 8.84. The van der Waals surface area contributed by atoms with Gasteiger partial charge in [-0.25, -0.2) is 0 Å². The smallest absolute Gasteiger partial charge is 0.232 e. The Hall–Kier alpha value is -3.28. The molecule has 0 spiro atoms. The van der Waals surface area contributed by atoms with Crippen LogP contribution in [0.5, 0.6) is 11.5 Å². The molecule has 1 fully saturated rings. The van der Waals surface area contributed by atoms with Gasteiger partial charge in [0.05, 0.1) is 5.92 Å². The number of anilines is 2. The van der Waals surface area contributed by atoms with Gasteiger partial charge in [0.2, 0.25) is 18.6 Å². The van der Waals surface area contributed by atoms with Crippen LogP contribution in [0, 0.1) is 5.92 Å². The summed E-state index contributed by atoms with van der Waals surface area (Å²) in [6.07, 6.45) is 1.88. The summed E-state index contributed by atoms with van der Waals surface area (Å²) in [4.78, 5) is 29.0. The Labute approximate surface area is 157 Å². The molecule has 2 aliphatic rings. The Bertz CT molecular complexity index is 881. The number of hydrogen-bond donors (Lipinski definition) is 0. The van der Waals surface area contributed by atoms with Crippen LogP contribution in [-0.2, 0) is 9.59 Å². The molecule has 1 atom stereocenters. The minimum absolute atomic E-state index is 0.0705. The zero-order valence-corrected chi connectivity index (χ0v) is 14.8. The summed E-state index contributed by atoms with van der Waals surface area (Å²) in [6, 6.07) is 14.8. The number of rotatable bonds is 5. The number of benzene rings is 2. The van der Waals surface area contributed by atoms with Gasteiger partial charge in [0, 0.05) is 37.0 Å². The van der Waals surface area contributed by atoms with Crippen molar-refractivity contribution in [3.63, 3.8) is 0 Å². The number of nitrogens with zero attached hydrogens (tertiary/aromatic N) is 2. The van der Waals surface area contributed by atoms with Gasteiger partial charge in [-0.3, -0.25) is 9.59 Å². The number of amides is 2. The molecule has 0 bridgehead atoms. The number of fused-ring (bicyclic) bond motifs is 1. The fourth-order valence-electron chi connectivity index (χ4n) is 3.46. The second kappa shape index (κ2) is 7.15. The van der Waals surface area contributed by atoms with E-state index < -0.39 is 5.92 Å². The third-order valence-corrected chi connectivity index (χ3v) is 4.79. The zero-order chi connectivity index (χ0) is 18.8. The lowest BCUT2D eigenvalue weighted by Crippen LogP contribution is -2.37. The van der Waals surface area contributed by atoms with Crippen molar-refractivity contribution in [3.05, 3.63) is 61.2 Å².